The minimum Gasteiger partial charge on any atom is -0.493 e. The number of carbonyl (C=O) groups excluding carboxylic acids is 1. The summed E-state index contributed by atoms with van der Waals surface area (Å²) in [6, 6.07) is 7.40. The molecule has 0 bridgehead atoms. The molecule has 0 atom stereocenters. The molecule has 3 nitrogen and oxygen atoms in total. The van der Waals surface area contributed by atoms with Gasteiger partial charge in [0.15, 0.2) is 0 Å². The van der Waals surface area contributed by atoms with Crippen LogP contribution < -0.4 is 10.1 Å². The molecule has 1 aromatic rings. The van der Waals surface area contributed by atoms with Crippen LogP contribution in [0, 0.1) is 5.92 Å². The van der Waals surface area contributed by atoms with Crippen LogP contribution in [0.5, 0.6) is 5.75 Å². The highest BCUT2D eigenvalue weighted by Gasteiger charge is 2.02. The van der Waals surface area contributed by atoms with Crippen molar-refractivity contribution in [1.82, 2.24) is 0 Å². The summed E-state index contributed by atoms with van der Waals surface area (Å²) in [6.45, 7) is 4.90. The highest BCUT2D eigenvalue weighted by atomic mass is 35.5. The zero-order valence-corrected chi connectivity index (χ0v) is 11.7. The predicted molar refractivity (Wildman–Crippen MR) is 75.4 cm³/mol. The van der Waals surface area contributed by atoms with Crippen LogP contribution >= 0.6 is 11.6 Å². The van der Waals surface area contributed by atoms with Gasteiger partial charge in [0.2, 0.25) is 5.91 Å². The Morgan fingerprint density at radius 3 is 2.56 bits per heavy atom. The fourth-order valence-corrected chi connectivity index (χ4v) is 1.48. The summed E-state index contributed by atoms with van der Waals surface area (Å²) in [5, 5.41) is 2.82. The molecular weight excluding hydrogens is 250 g/mol. The summed E-state index contributed by atoms with van der Waals surface area (Å²) in [5.41, 5.74) is 0.784. The standard InChI is InChI=1S/C14H20ClNO2/c1-11(2)10-18-13-7-5-12(6-8-13)16-14(17)4-3-9-15/h5-8,11H,3-4,9-10H2,1-2H3,(H,16,17). The molecule has 1 rings (SSSR count). The summed E-state index contributed by atoms with van der Waals surface area (Å²) in [5.74, 6) is 1.82. The Morgan fingerprint density at radius 2 is 2.00 bits per heavy atom. The Morgan fingerprint density at radius 1 is 1.33 bits per heavy atom. The molecule has 0 aliphatic rings. The van der Waals surface area contributed by atoms with Crippen molar-refractivity contribution in [3.8, 4) is 5.75 Å². The van der Waals surface area contributed by atoms with E-state index in [4.69, 9.17) is 16.3 Å². The number of alkyl halides is 1. The lowest BCUT2D eigenvalue weighted by molar-refractivity contribution is -0.116. The van der Waals surface area contributed by atoms with Crippen LogP contribution in [-0.4, -0.2) is 18.4 Å². The van der Waals surface area contributed by atoms with E-state index in [2.05, 4.69) is 19.2 Å². The van der Waals surface area contributed by atoms with E-state index in [1.807, 2.05) is 24.3 Å². The second-order valence-corrected chi connectivity index (χ2v) is 4.95. The second kappa shape index (κ2) is 7.98. The Kier molecular flexibility index (Phi) is 6.58. The van der Waals surface area contributed by atoms with Crippen LogP contribution in [0.15, 0.2) is 24.3 Å². The van der Waals surface area contributed by atoms with E-state index in [-0.39, 0.29) is 5.91 Å². The molecule has 0 saturated heterocycles. The van der Waals surface area contributed by atoms with Gasteiger partial charge in [-0.15, -0.1) is 11.6 Å². The molecule has 0 spiro atoms. The summed E-state index contributed by atoms with van der Waals surface area (Å²) >= 11 is 5.53. The van der Waals surface area contributed by atoms with Gasteiger partial charge in [-0.25, -0.2) is 0 Å². The van der Waals surface area contributed by atoms with Crippen LogP contribution in [0.2, 0.25) is 0 Å². The number of anilines is 1. The average Bonchev–Trinajstić information content (AvgIpc) is 2.35. The number of hydrogen-bond donors (Lipinski definition) is 1. The van der Waals surface area contributed by atoms with Crippen molar-refractivity contribution in [2.24, 2.45) is 5.92 Å². The molecule has 0 radical (unpaired) electrons. The molecular formula is C14H20ClNO2. The molecule has 0 aliphatic carbocycles. The van der Waals surface area contributed by atoms with Gasteiger partial charge in [0.25, 0.3) is 0 Å². The van der Waals surface area contributed by atoms with E-state index >= 15 is 0 Å². The molecule has 1 amide bonds. The van der Waals surface area contributed by atoms with Crippen molar-refractivity contribution < 1.29 is 9.53 Å². The van der Waals surface area contributed by atoms with E-state index < -0.39 is 0 Å². The van der Waals surface area contributed by atoms with E-state index in [0.717, 1.165) is 11.4 Å². The third-order valence-electron chi connectivity index (χ3n) is 2.26. The van der Waals surface area contributed by atoms with Crippen LogP contribution in [0.3, 0.4) is 0 Å². The zero-order valence-electron chi connectivity index (χ0n) is 10.9. The summed E-state index contributed by atoms with van der Waals surface area (Å²) in [7, 11) is 0. The molecule has 18 heavy (non-hydrogen) atoms. The van der Waals surface area contributed by atoms with Gasteiger partial charge in [-0.05, 0) is 36.6 Å². The maximum Gasteiger partial charge on any atom is 0.224 e. The number of carbonyl (C=O) groups is 1. The van der Waals surface area contributed by atoms with Gasteiger partial charge < -0.3 is 10.1 Å². The maximum atomic E-state index is 11.5. The number of halogens is 1. The fourth-order valence-electron chi connectivity index (χ4n) is 1.35. The fraction of sp³-hybridized carbons (Fsp3) is 0.500. The van der Waals surface area contributed by atoms with Crippen molar-refractivity contribution in [3.63, 3.8) is 0 Å². The summed E-state index contributed by atoms with van der Waals surface area (Å²) in [6.07, 6.45) is 1.15. The number of hydrogen-bond acceptors (Lipinski definition) is 2. The van der Waals surface area contributed by atoms with Gasteiger partial charge in [-0.2, -0.15) is 0 Å². The normalized spacial score (nSPS) is 10.4. The maximum absolute atomic E-state index is 11.5. The SMILES string of the molecule is CC(C)COc1ccc(NC(=O)CCCCl)cc1. The second-order valence-electron chi connectivity index (χ2n) is 4.57. The van der Waals surface area contributed by atoms with Gasteiger partial charge in [0.05, 0.1) is 6.61 Å². The van der Waals surface area contributed by atoms with Gasteiger partial charge in [-0.3, -0.25) is 4.79 Å². The zero-order chi connectivity index (χ0) is 13.4. The van der Waals surface area contributed by atoms with Crippen molar-refractivity contribution in [1.29, 1.82) is 0 Å². The van der Waals surface area contributed by atoms with Gasteiger partial charge in [0.1, 0.15) is 5.75 Å². The van der Waals surface area contributed by atoms with Crippen LogP contribution in [0.4, 0.5) is 5.69 Å². The topological polar surface area (TPSA) is 38.3 Å². The predicted octanol–water partition coefficient (Wildman–Crippen LogP) is 3.68. The molecule has 100 valence electrons. The number of amides is 1. The van der Waals surface area contributed by atoms with E-state index in [0.29, 0.717) is 31.2 Å². The van der Waals surface area contributed by atoms with Gasteiger partial charge >= 0.3 is 0 Å². The van der Waals surface area contributed by atoms with Crippen LogP contribution in [-0.2, 0) is 4.79 Å². The highest BCUT2D eigenvalue weighted by molar-refractivity contribution is 6.18. The Hall–Kier alpha value is -1.22. The Bertz CT molecular complexity index is 363. The molecule has 1 aromatic carbocycles. The number of rotatable bonds is 7. The van der Waals surface area contributed by atoms with Crippen molar-refractivity contribution in [3.05, 3.63) is 24.3 Å². The molecule has 1 N–H and O–H groups in total. The minimum absolute atomic E-state index is 0.00787. The van der Waals surface area contributed by atoms with E-state index in [1.165, 1.54) is 0 Å². The lowest BCUT2D eigenvalue weighted by Gasteiger charge is -2.09. The first-order valence-corrected chi connectivity index (χ1v) is 6.74. The van der Waals surface area contributed by atoms with Gasteiger partial charge in [0, 0.05) is 18.0 Å². The molecule has 0 aromatic heterocycles. The number of nitrogens with one attached hydrogen (secondary N) is 1. The molecule has 0 aliphatic heterocycles. The van der Waals surface area contributed by atoms with Crippen molar-refractivity contribution >= 4 is 23.2 Å². The Labute approximate surface area is 113 Å². The summed E-state index contributed by atoms with van der Waals surface area (Å²) in [4.78, 5) is 11.5. The third kappa shape index (κ3) is 5.92. The quantitative estimate of drug-likeness (QED) is 0.767. The number of ether oxygens (including phenoxy) is 1. The molecule has 0 fully saturated rings. The largest absolute Gasteiger partial charge is 0.493 e. The third-order valence-corrected chi connectivity index (χ3v) is 2.53. The van der Waals surface area contributed by atoms with E-state index in [9.17, 15) is 4.79 Å². The molecule has 0 saturated carbocycles. The number of benzene rings is 1. The lowest BCUT2D eigenvalue weighted by Crippen LogP contribution is -2.11. The molecule has 4 heteroatoms. The lowest BCUT2D eigenvalue weighted by atomic mass is 10.2. The summed E-state index contributed by atoms with van der Waals surface area (Å²) < 4.78 is 5.56. The smallest absolute Gasteiger partial charge is 0.224 e. The Balaban J connectivity index is 2.42. The first-order valence-electron chi connectivity index (χ1n) is 6.20. The van der Waals surface area contributed by atoms with Crippen LogP contribution in [0.25, 0.3) is 0 Å². The monoisotopic (exact) mass is 269 g/mol. The van der Waals surface area contributed by atoms with Crippen LogP contribution in [0.1, 0.15) is 26.7 Å². The van der Waals surface area contributed by atoms with E-state index in [1.54, 1.807) is 0 Å². The van der Waals surface area contributed by atoms with Crippen molar-refractivity contribution in [2.45, 2.75) is 26.7 Å². The molecule has 0 heterocycles. The average molecular weight is 270 g/mol. The molecule has 0 unspecified atom stereocenters. The highest BCUT2D eigenvalue weighted by Crippen LogP contribution is 2.16. The van der Waals surface area contributed by atoms with Gasteiger partial charge in [-0.1, -0.05) is 13.8 Å². The first-order chi connectivity index (χ1) is 8.61. The van der Waals surface area contributed by atoms with Crippen molar-refractivity contribution in [2.75, 3.05) is 17.8 Å². The first kappa shape index (κ1) is 14.8. The minimum atomic E-state index is -0.00787.